The van der Waals surface area contributed by atoms with Crippen LogP contribution in [0.1, 0.15) is 12.8 Å². The van der Waals surface area contributed by atoms with Crippen molar-refractivity contribution in [2.24, 2.45) is 11.8 Å². The Labute approximate surface area is 115 Å². The minimum absolute atomic E-state index is 0.0838. The molecule has 11 heteroatoms. The monoisotopic (exact) mass is 341 g/mol. The maximum Gasteiger partial charge on any atom is 0.461 e. The number of allylic oxidation sites excluding steroid dienone is 1. The summed E-state index contributed by atoms with van der Waals surface area (Å²) < 4.78 is 112. The van der Waals surface area contributed by atoms with Gasteiger partial charge in [-0.25, -0.2) is 13.1 Å². The van der Waals surface area contributed by atoms with Crippen LogP contribution in [0.5, 0.6) is 0 Å². The van der Waals surface area contributed by atoms with E-state index in [0.29, 0.717) is 6.42 Å². The second kappa shape index (κ2) is 4.58. The van der Waals surface area contributed by atoms with E-state index in [0.717, 1.165) is 0 Å². The molecule has 0 aromatic carbocycles. The molecule has 1 saturated carbocycles. The molecular weight excluding hydrogens is 331 g/mol. The summed E-state index contributed by atoms with van der Waals surface area (Å²) in [6.07, 6.45) is -2.89. The molecule has 0 amide bonds. The quantitative estimate of drug-likeness (QED) is 0.631. The lowest BCUT2D eigenvalue weighted by atomic mass is 10.0. The molecule has 2 rings (SSSR count). The Kier molecular flexibility index (Phi) is 3.60. The first-order valence-electron chi connectivity index (χ1n) is 5.82. The van der Waals surface area contributed by atoms with E-state index in [1.54, 1.807) is 6.08 Å². The van der Waals surface area contributed by atoms with E-state index in [4.69, 9.17) is 0 Å². The molecule has 0 aromatic heterocycles. The van der Waals surface area contributed by atoms with Crippen LogP contribution >= 0.6 is 0 Å². The SMILES string of the molecule is O=S(=O)(NC1CC2C=CC1C2)C(F)(F)C(F)(F)C(F)(F)F. The van der Waals surface area contributed by atoms with Crippen molar-refractivity contribution in [2.45, 2.75) is 36.2 Å². The summed E-state index contributed by atoms with van der Waals surface area (Å²) in [4.78, 5) is 0. The summed E-state index contributed by atoms with van der Waals surface area (Å²) in [7, 11) is -6.19. The largest absolute Gasteiger partial charge is 0.461 e. The van der Waals surface area contributed by atoms with E-state index in [1.165, 1.54) is 10.8 Å². The van der Waals surface area contributed by atoms with Gasteiger partial charge in [0.25, 0.3) is 10.0 Å². The number of fused-ring (bicyclic) bond motifs is 2. The van der Waals surface area contributed by atoms with Crippen LogP contribution in [0.4, 0.5) is 30.7 Å². The van der Waals surface area contributed by atoms with Crippen LogP contribution in [0.2, 0.25) is 0 Å². The van der Waals surface area contributed by atoms with Gasteiger partial charge in [-0.05, 0) is 24.7 Å². The van der Waals surface area contributed by atoms with E-state index < -0.39 is 39.3 Å². The third-order valence-electron chi connectivity index (χ3n) is 3.64. The van der Waals surface area contributed by atoms with Crippen LogP contribution in [0.3, 0.4) is 0 Å². The van der Waals surface area contributed by atoms with Crippen LogP contribution in [0, 0.1) is 11.8 Å². The molecule has 0 heterocycles. The highest BCUT2D eigenvalue weighted by molar-refractivity contribution is 7.90. The van der Waals surface area contributed by atoms with Crippen molar-refractivity contribution in [2.75, 3.05) is 0 Å². The van der Waals surface area contributed by atoms with Gasteiger partial charge in [0.05, 0.1) is 0 Å². The molecule has 0 spiro atoms. The maximum atomic E-state index is 13.2. The molecule has 21 heavy (non-hydrogen) atoms. The van der Waals surface area contributed by atoms with E-state index >= 15 is 0 Å². The lowest BCUT2D eigenvalue weighted by molar-refractivity contribution is -0.332. The van der Waals surface area contributed by atoms with Gasteiger partial charge in [-0.1, -0.05) is 12.2 Å². The molecule has 3 atom stereocenters. The molecule has 1 fully saturated rings. The zero-order valence-electron chi connectivity index (χ0n) is 10.2. The smallest absolute Gasteiger partial charge is 0.206 e. The fourth-order valence-corrected chi connectivity index (χ4v) is 3.79. The fourth-order valence-electron chi connectivity index (χ4n) is 2.52. The number of halogens is 7. The fraction of sp³-hybridized carbons (Fsp3) is 0.800. The number of nitrogens with one attached hydrogen (secondary N) is 1. The lowest BCUT2D eigenvalue weighted by Gasteiger charge is -2.29. The van der Waals surface area contributed by atoms with Gasteiger partial charge in [-0.15, -0.1) is 0 Å². The average molecular weight is 341 g/mol. The Morgan fingerprint density at radius 2 is 1.52 bits per heavy atom. The Bertz CT molecular complexity index is 554. The number of alkyl halides is 7. The van der Waals surface area contributed by atoms with Crippen molar-refractivity contribution in [3.05, 3.63) is 12.2 Å². The standard InChI is InChI=1S/C10H10F7NO2S/c11-8(12,9(13,14)15)10(16,17)21(19,20)18-7-4-5-1-2-6(7)3-5/h1-2,5-7,18H,3-4H2. The summed E-state index contributed by atoms with van der Waals surface area (Å²) in [5.74, 6) is -7.24. The average Bonchev–Trinajstić information content (AvgIpc) is 2.88. The molecule has 0 saturated heterocycles. The van der Waals surface area contributed by atoms with Crippen molar-refractivity contribution < 1.29 is 39.2 Å². The van der Waals surface area contributed by atoms with Gasteiger partial charge in [-0.3, -0.25) is 0 Å². The van der Waals surface area contributed by atoms with Gasteiger partial charge in [-0.2, -0.15) is 30.7 Å². The van der Waals surface area contributed by atoms with Crippen LogP contribution in [0.15, 0.2) is 12.2 Å². The minimum atomic E-state index is -6.68. The Hall–Kier alpha value is -0.840. The van der Waals surface area contributed by atoms with E-state index in [9.17, 15) is 39.2 Å². The summed E-state index contributed by atoms with van der Waals surface area (Å²) >= 11 is 0. The van der Waals surface area contributed by atoms with E-state index in [1.807, 2.05) is 0 Å². The van der Waals surface area contributed by atoms with Crippen molar-refractivity contribution in [1.82, 2.24) is 4.72 Å². The zero-order chi connectivity index (χ0) is 16.3. The second-order valence-corrected chi connectivity index (χ2v) is 6.85. The van der Waals surface area contributed by atoms with Crippen LogP contribution in [-0.2, 0) is 10.0 Å². The predicted octanol–water partition coefficient (Wildman–Crippen LogP) is 2.66. The first kappa shape index (κ1) is 16.5. The van der Waals surface area contributed by atoms with Gasteiger partial charge in [0.15, 0.2) is 0 Å². The summed E-state index contributed by atoms with van der Waals surface area (Å²) in [6, 6.07) is -1.10. The van der Waals surface area contributed by atoms with Gasteiger partial charge >= 0.3 is 17.4 Å². The number of hydrogen-bond acceptors (Lipinski definition) is 2. The van der Waals surface area contributed by atoms with Gasteiger partial charge in [0.2, 0.25) is 0 Å². The van der Waals surface area contributed by atoms with E-state index in [-0.39, 0.29) is 12.3 Å². The molecule has 0 aromatic rings. The third-order valence-corrected chi connectivity index (χ3v) is 5.19. The predicted molar refractivity (Wildman–Crippen MR) is 57.1 cm³/mol. The Balaban J connectivity index is 2.24. The van der Waals surface area contributed by atoms with Crippen molar-refractivity contribution in [1.29, 1.82) is 0 Å². The third kappa shape index (κ3) is 2.43. The summed E-state index contributed by atoms with van der Waals surface area (Å²) in [5, 5.41) is -6.29. The number of rotatable bonds is 4. The van der Waals surface area contributed by atoms with Gasteiger partial charge in [0, 0.05) is 6.04 Å². The first-order valence-corrected chi connectivity index (χ1v) is 7.30. The molecule has 0 aliphatic heterocycles. The Morgan fingerprint density at radius 3 is 1.90 bits per heavy atom. The summed E-state index contributed by atoms with van der Waals surface area (Å²) in [5.41, 5.74) is 0. The highest BCUT2D eigenvalue weighted by atomic mass is 32.2. The van der Waals surface area contributed by atoms with E-state index in [2.05, 4.69) is 0 Å². The molecular formula is C10H10F7NO2S. The number of hydrogen-bond donors (Lipinski definition) is 1. The van der Waals surface area contributed by atoms with Gasteiger partial charge < -0.3 is 0 Å². The minimum Gasteiger partial charge on any atom is -0.206 e. The normalized spacial score (nSPS) is 30.1. The van der Waals surface area contributed by atoms with Crippen molar-refractivity contribution in [3.63, 3.8) is 0 Å². The van der Waals surface area contributed by atoms with Crippen molar-refractivity contribution >= 4 is 10.0 Å². The molecule has 2 aliphatic carbocycles. The lowest BCUT2D eigenvalue weighted by Crippen LogP contribution is -2.60. The second-order valence-electron chi connectivity index (χ2n) is 5.10. The first-order chi connectivity index (χ1) is 9.29. The Morgan fingerprint density at radius 1 is 0.952 bits per heavy atom. The molecule has 2 aliphatic rings. The highest BCUT2D eigenvalue weighted by Gasteiger charge is 2.78. The van der Waals surface area contributed by atoms with Gasteiger partial charge in [0.1, 0.15) is 0 Å². The van der Waals surface area contributed by atoms with Crippen LogP contribution in [-0.4, -0.2) is 31.8 Å². The highest BCUT2D eigenvalue weighted by Crippen LogP contribution is 2.49. The molecule has 3 unspecified atom stereocenters. The maximum absolute atomic E-state index is 13.2. The van der Waals surface area contributed by atoms with Crippen molar-refractivity contribution in [3.8, 4) is 0 Å². The molecule has 0 radical (unpaired) electrons. The number of sulfonamides is 1. The topological polar surface area (TPSA) is 46.2 Å². The molecule has 3 nitrogen and oxygen atoms in total. The van der Waals surface area contributed by atoms with Crippen LogP contribution in [0.25, 0.3) is 0 Å². The summed E-state index contributed by atoms with van der Waals surface area (Å²) in [6.45, 7) is 0. The molecule has 2 bridgehead atoms. The molecule has 122 valence electrons. The zero-order valence-corrected chi connectivity index (χ0v) is 11.0. The molecule has 1 N–H and O–H groups in total. The van der Waals surface area contributed by atoms with Crippen LogP contribution < -0.4 is 4.72 Å².